The van der Waals surface area contributed by atoms with Crippen molar-refractivity contribution in [2.75, 3.05) is 7.11 Å². The zero-order valence-corrected chi connectivity index (χ0v) is 11.9. The highest BCUT2D eigenvalue weighted by Gasteiger charge is 2.13. The number of allylic oxidation sites excluding steroid dienone is 1. The van der Waals surface area contributed by atoms with Crippen LogP contribution in [0.25, 0.3) is 0 Å². The monoisotopic (exact) mass is 301 g/mol. The Kier molecular flexibility index (Phi) is 4.63. The predicted octanol–water partition coefficient (Wildman–Crippen LogP) is 2.25. The molecule has 6 heteroatoms. The number of ketones is 1. The molecule has 1 aromatic carbocycles. The predicted molar refractivity (Wildman–Crippen MR) is 79.2 cm³/mol. The number of hydrogen-bond acceptors (Lipinski definition) is 4. The summed E-state index contributed by atoms with van der Waals surface area (Å²) in [6, 6.07) is 10.6. The van der Waals surface area contributed by atoms with Crippen molar-refractivity contribution in [1.29, 1.82) is 0 Å². The number of ether oxygens (including phenoxy) is 1. The number of methoxy groups -OCH3 is 1. The van der Waals surface area contributed by atoms with Crippen molar-refractivity contribution in [3.63, 3.8) is 0 Å². The molecule has 0 saturated heterocycles. The van der Waals surface area contributed by atoms with Gasteiger partial charge in [0.05, 0.1) is 12.8 Å². The number of hydrogen-bond donors (Lipinski definition) is 2. The van der Waals surface area contributed by atoms with Gasteiger partial charge in [-0.25, -0.2) is 4.79 Å². The van der Waals surface area contributed by atoms with Crippen LogP contribution in [0.15, 0.2) is 54.4 Å². The van der Waals surface area contributed by atoms with Crippen molar-refractivity contribution in [2.24, 2.45) is 0 Å². The van der Waals surface area contributed by atoms with E-state index in [2.05, 4.69) is 0 Å². The summed E-state index contributed by atoms with van der Waals surface area (Å²) in [7, 11) is 1.58. The molecule has 2 N–H and O–H groups in total. The van der Waals surface area contributed by atoms with Crippen LogP contribution in [0.2, 0.25) is 0 Å². The Hall–Kier alpha value is -3.02. The van der Waals surface area contributed by atoms with Gasteiger partial charge in [-0.05, 0) is 29.8 Å². The SMILES string of the molecule is COc1ccc(Cn2cccc2C(=O)/C=C(\O)C(=O)O)cc1. The Morgan fingerprint density at radius 3 is 2.45 bits per heavy atom. The summed E-state index contributed by atoms with van der Waals surface area (Å²) in [5.41, 5.74) is 1.25. The maximum absolute atomic E-state index is 12.0. The summed E-state index contributed by atoms with van der Waals surface area (Å²) in [4.78, 5) is 22.5. The molecule has 0 atom stereocenters. The minimum absolute atomic E-state index is 0.295. The van der Waals surface area contributed by atoms with E-state index < -0.39 is 17.5 Å². The maximum Gasteiger partial charge on any atom is 0.371 e. The minimum Gasteiger partial charge on any atom is -0.502 e. The molecule has 2 rings (SSSR count). The topological polar surface area (TPSA) is 88.8 Å². The Morgan fingerprint density at radius 1 is 1.18 bits per heavy atom. The Bertz CT molecular complexity index is 712. The molecule has 0 bridgehead atoms. The van der Waals surface area contributed by atoms with Crippen molar-refractivity contribution in [2.45, 2.75) is 6.54 Å². The van der Waals surface area contributed by atoms with Crippen LogP contribution in [0, 0.1) is 0 Å². The third-order valence-electron chi connectivity index (χ3n) is 3.08. The van der Waals surface area contributed by atoms with E-state index in [4.69, 9.17) is 14.9 Å². The van der Waals surface area contributed by atoms with Gasteiger partial charge in [0.1, 0.15) is 5.75 Å². The average Bonchev–Trinajstić information content (AvgIpc) is 2.96. The first-order valence-corrected chi connectivity index (χ1v) is 6.47. The van der Waals surface area contributed by atoms with Crippen molar-refractivity contribution < 1.29 is 24.5 Å². The lowest BCUT2D eigenvalue weighted by atomic mass is 10.2. The van der Waals surface area contributed by atoms with Crippen LogP contribution >= 0.6 is 0 Å². The third kappa shape index (κ3) is 3.54. The number of nitrogens with zero attached hydrogens (tertiary/aromatic N) is 1. The third-order valence-corrected chi connectivity index (χ3v) is 3.08. The van der Waals surface area contributed by atoms with Crippen LogP contribution in [-0.2, 0) is 11.3 Å². The van der Waals surface area contributed by atoms with Gasteiger partial charge in [-0.2, -0.15) is 0 Å². The smallest absolute Gasteiger partial charge is 0.371 e. The van der Waals surface area contributed by atoms with Crippen LogP contribution in [0.5, 0.6) is 5.75 Å². The Balaban J connectivity index is 2.20. The molecule has 1 heterocycles. The summed E-state index contributed by atoms with van der Waals surface area (Å²) in [5.74, 6) is -2.36. The number of carboxylic acid groups (broad SMARTS) is 1. The largest absolute Gasteiger partial charge is 0.502 e. The average molecular weight is 301 g/mol. The van der Waals surface area contributed by atoms with E-state index in [1.54, 1.807) is 30.0 Å². The summed E-state index contributed by atoms with van der Waals surface area (Å²) < 4.78 is 6.76. The first-order chi connectivity index (χ1) is 10.5. The van der Waals surface area contributed by atoms with Crippen molar-refractivity contribution in [3.8, 4) is 5.75 Å². The highest BCUT2D eigenvalue weighted by molar-refractivity contribution is 6.06. The number of carbonyl (C=O) groups is 2. The standard InChI is InChI=1S/C16H15NO5/c1-22-12-6-4-11(5-7-12)10-17-8-2-3-13(17)14(18)9-15(19)16(20)21/h2-9,19H,10H2,1H3,(H,20,21)/b15-9-. The Labute approximate surface area is 126 Å². The van der Waals surface area contributed by atoms with E-state index in [9.17, 15) is 9.59 Å². The lowest BCUT2D eigenvalue weighted by Crippen LogP contribution is -2.10. The maximum atomic E-state index is 12.0. The molecule has 6 nitrogen and oxygen atoms in total. The highest BCUT2D eigenvalue weighted by atomic mass is 16.5. The van der Waals surface area contributed by atoms with E-state index >= 15 is 0 Å². The van der Waals surface area contributed by atoms with E-state index in [1.807, 2.05) is 24.3 Å². The van der Waals surface area contributed by atoms with Gasteiger partial charge < -0.3 is 19.5 Å². The number of rotatable bonds is 6. The molecular formula is C16H15NO5. The van der Waals surface area contributed by atoms with Gasteiger partial charge in [-0.1, -0.05) is 12.1 Å². The number of aliphatic hydroxyl groups is 1. The lowest BCUT2D eigenvalue weighted by Gasteiger charge is -2.08. The van der Waals surface area contributed by atoms with E-state index in [0.29, 0.717) is 18.3 Å². The normalized spacial score (nSPS) is 11.2. The number of aliphatic hydroxyl groups excluding tert-OH is 1. The van der Waals surface area contributed by atoms with Gasteiger partial charge in [0.15, 0.2) is 0 Å². The molecule has 0 fully saturated rings. The summed E-state index contributed by atoms with van der Waals surface area (Å²) in [5, 5.41) is 17.7. The summed E-state index contributed by atoms with van der Waals surface area (Å²) >= 11 is 0. The molecule has 114 valence electrons. The van der Waals surface area contributed by atoms with Gasteiger partial charge in [0.2, 0.25) is 11.5 Å². The zero-order chi connectivity index (χ0) is 16.1. The molecule has 2 aromatic rings. The van der Waals surface area contributed by atoms with Crippen LogP contribution in [0.4, 0.5) is 0 Å². The zero-order valence-electron chi connectivity index (χ0n) is 11.9. The number of carboxylic acids is 1. The summed E-state index contributed by atoms with van der Waals surface area (Å²) in [6.07, 6.45) is 2.41. The molecule has 0 aliphatic rings. The number of carbonyl (C=O) groups excluding carboxylic acids is 1. The quantitative estimate of drug-likeness (QED) is 0.485. The fourth-order valence-electron chi connectivity index (χ4n) is 1.96. The highest BCUT2D eigenvalue weighted by Crippen LogP contribution is 2.14. The number of aromatic nitrogens is 1. The Morgan fingerprint density at radius 2 is 1.86 bits per heavy atom. The van der Waals surface area contributed by atoms with Crippen LogP contribution in [0.1, 0.15) is 16.1 Å². The van der Waals surface area contributed by atoms with Crippen molar-refractivity contribution in [3.05, 3.63) is 65.7 Å². The van der Waals surface area contributed by atoms with Crippen LogP contribution < -0.4 is 4.74 Å². The van der Waals surface area contributed by atoms with Gasteiger partial charge in [-0.15, -0.1) is 0 Å². The molecular weight excluding hydrogens is 286 g/mol. The van der Waals surface area contributed by atoms with Crippen molar-refractivity contribution >= 4 is 11.8 Å². The molecule has 1 aromatic heterocycles. The first kappa shape index (κ1) is 15.4. The summed E-state index contributed by atoms with van der Waals surface area (Å²) in [6.45, 7) is 0.444. The van der Waals surface area contributed by atoms with Gasteiger partial charge in [0.25, 0.3) is 0 Å². The fourth-order valence-corrected chi connectivity index (χ4v) is 1.96. The molecule has 0 saturated carbocycles. The molecule has 0 unspecified atom stereocenters. The molecule has 0 amide bonds. The van der Waals surface area contributed by atoms with Gasteiger partial charge >= 0.3 is 5.97 Å². The minimum atomic E-state index is -1.54. The number of benzene rings is 1. The van der Waals surface area contributed by atoms with Gasteiger partial charge in [-0.3, -0.25) is 4.79 Å². The molecule has 0 aliphatic carbocycles. The lowest BCUT2D eigenvalue weighted by molar-refractivity contribution is -0.135. The molecule has 0 aliphatic heterocycles. The van der Waals surface area contributed by atoms with Gasteiger partial charge in [0, 0.05) is 18.8 Å². The molecule has 22 heavy (non-hydrogen) atoms. The van der Waals surface area contributed by atoms with E-state index in [-0.39, 0.29) is 0 Å². The second kappa shape index (κ2) is 6.62. The fraction of sp³-hybridized carbons (Fsp3) is 0.125. The number of aliphatic carboxylic acids is 1. The molecule has 0 spiro atoms. The van der Waals surface area contributed by atoms with Crippen LogP contribution in [-0.4, -0.2) is 33.6 Å². The van der Waals surface area contributed by atoms with Crippen molar-refractivity contribution in [1.82, 2.24) is 4.57 Å². The van der Waals surface area contributed by atoms with E-state index in [1.165, 1.54) is 0 Å². The second-order valence-electron chi connectivity index (χ2n) is 4.57. The first-order valence-electron chi connectivity index (χ1n) is 6.47. The van der Waals surface area contributed by atoms with E-state index in [0.717, 1.165) is 11.3 Å². The second-order valence-corrected chi connectivity index (χ2v) is 4.57. The van der Waals surface area contributed by atoms with Crippen LogP contribution in [0.3, 0.4) is 0 Å². The molecule has 0 radical (unpaired) electrons.